The first-order valence-corrected chi connectivity index (χ1v) is 8.56. The molecule has 0 aliphatic heterocycles. The number of aromatic hydroxyl groups is 1. The molecule has 3 N–H and O–H groups in total. The molecule has 0 aliphatic rings. The molecule has 0 aromatic heterocycles. The fraction of sp³-hybridized carbons (Fsp3) is 0.0909. The number of phenolic OH excluding ortho intramolecular Hbond substituents is 1. The number of nitrogens with one attached hydrogen (secondary N) is 2. The first kappa shape index (κ1) is 18.2. The number of aryl methyl sites for hydroxylation is 1. The number of hydrogen-bond donors (Lipinski definition) is 3. The smallest absolute Gasteiger partial charge is 0.255 e. The molecule has 3 aromatic carbocycles. The third-order valence-corrected chi connectivity index (χ3v) is 4.11. The van der Waals surface area contributed by atoms with Crippen molar-refractivity contribution in [3.8, 4) is 5.75 Å². The highest BCUT2D eigenvalue weighted by atomic mass is 16.3. The average Bonchev–Trinajstić information content (AvgIpc) is 2.70. The van der Waals surface area contributed by atoms with Gasteiger partial charge in [0, 0.05) is 17.7 Å². The summed E-state index contributed by atoms with van der Waals surface area (Å²) in [5.74, 6) is -0.433. The first-order valence-electron chi connectivity index (χ1n) is 8.56. The minimum absolute atomic E-state index is 0.0224. The van der Waals surface area contributed by atoms with E-state index in [-0.39, 0.29) is 17.6 Å². The van der Waals surface area contributed by atoms with Crippen molar-refractivity contribution in [3.63, 3.8) is 0 Å². The Labute approximate surface area is 157 Å². The molecule has 0 unspecified atom stereocenters. The lowest BCUT2D eigenvalue weighted by Gasteiger charge is -2.09. The molecule has 27 heavy (non-hydrogen) atoms. The van der Waals surface area contributed by atoms with Gasteiger partial charge in [-0.05, 0) is 54.4 Å². The summed E-state index contributed by atoms with van der Waals surface area (Å²) in [7, 11) is 0. The van der Waals surface area contributed by atoms with Crippen molar-refractivity contribution in [1.29, 1.82) is 0 Å². The summed E-state index contributed by atoms with van der Waals surface area (Å²) in [4.78, 5) is 24.4. The second-order valence-corrected chi connectivity index (χ2v) is 6.22. The maximum absolute atomic E-state index is 12.3. The quantitative estimate of drug-likeness (QED) is 0.604. The first-order chi connectivity index (χ1) is 13.0. The zero-order valence-electron chi connectivity index (χ0n) is 14.9. The summed E-state index contributed by atoms with van der Waals surface area (Å²) >= 11 is 0. The normalized spacial score (nSPS) is 10.3. The van der Waals surface area contributed by atoms with Crippen LogP contribution in [0.25, 0.3) is 0 Å². The van der Waals surface area contributed by atoms with Gasteiger partial charge in [-0.15, -0.1) is 0 Å². The molecule has 0 spiro atoms. The molecule has 0 bridgehead atoms. The zero-order chi connectivity index (χ0) is 19.2. The monoisotopic (exact) mass is 360 g/mol. The largest absolute Gasteiger partial charge is 0.506 e. The highest BCUT2D eigenvalue weighted by molar-refractivity contribution is 6.05. The Morgan fingerprint density at radius 2 is 1.52 bits per heavy atom. The summed E-state index contributed by atoms with van der Waals surface area (Å²) in [6.07, 6.45) is 0. The molecular formula is C22H20N2O3. The predicted molar refractivity (Wildman–Crippen MR) is 105 cm³/mol. The van der Waals surface area contributed by atoms with Crippen LogP contribution in [0.5, 0.6) is 5.75 Å². The van der Waals surface area contributed by atoms with Crippen LogP contribution in [0.2, 0.25) is 0 Å². The van der Waals surface area contributed by atoms with E-state index in [1.807, 2.05) is 25.1 Å². The third-order valence-electron chi connectivity index (χ3n) is 4.11. The molecule has 0 saturated carbocycles. The minimum atomic E-state index is -0.309. The van der Waals surface area contributed by atoms with Crippen molar-refractivity contribution in [2.75, 3.05) is 5.32 Å². The third kappa shape index (κ3) is 4.73. The van der Waals surface area contributed by atoms with Gasteiger partial charge in [-0.3, -0.25) is 9.59 Å². The number of amides is 2. The predicted octanol–water partition coefficient (Wildman–Crippen LogP) is 3.88. The van der Waals surface area contributed by atoms with Crippen molar-refractivity contribution in [3.05, 3.63) is 95.1 Å². The van der Waals surface area contributed by atoms with Crippen LogP contribution in [0.15, 0.2) is 72.8 Å². The topological polar surface area (TPSA) is 78.4 Å². The Hall–Kier alpha value is -3.60. The number of carbonyl (C=O) groups excluding carboxylic acids is 2. The van der Waals surface area contributed by atoms with E-state index in [0.29, 0.717) is 23.4 Å². The van der Waals surface area contributed by atoms with Crippen LogP contribution >= 0.6 is 0 Å². The van der Waals surface area contributed by atoms with Gasteiger partial charge in [0.25, 0.3) is 11.8 Å². The molecule has 136 valence electrons. The molecule has 0 saturated heterocycles. The number of benzene rings is 3. The maximum atomic E-state index is 12.3. The van der Waals surface area contributed by atoms with Crippen LogP contribution in [-0.2, 0) is 6.54 Å². The molecule has 0 atom stereocenters. The van der Waals surface area contributed by atoms with Crippen molar-refractivity contribution >= 4 is 17.5 Å². The Balaban J connectivity index is 1.60. The molecule has 3 aromatic rings. The second-order valence-electron chi connectivity index (χ2n) is 6.22. The van der Waals surface area contributed by atoms with Gasteiger partial charge in [0.1, 0.15) is 5.75 Å². The molecule has 5 heteroatoms. The van der Waals surface area contributed by atoms with E-state index in [1.54, 1.807) is 54.6 Å². The molecular weight excluding hydrogens is 340 g/mol. The van der Waals surface area contributed by atoms with E-state index in [9.17, 15) is 14.7 Å². The van der Waals surface area contributed by atoms with Crippen LogP contribution in [0, 0.1) is 6.92 Å². The molecule has 0 aliphatic carbocycles. The Bertz CT molecular complexity index is 951. The summed E-state index contributed by atoms with van der Waals surface area (Å²) in [5, 5.41) is 15.4. The van der Waals surface area contributed by atoms with E-state index in [0.717, 1.165) is 11.1 Å². The molecule has 0 fully saturated rings. The fourth-order valence-corrected chi connectivity index (χ4v) is 2.59. The minimum Gasteiger partial charge on any atom is -0.506 e. The van der Waals surface area contributed by atoms with E-state index in [4.69, 9.17) is 0 Å². The van der Waals surface area contributed by atoms with Crippen molar-refractivity contribution in [2.24, 2.45) is 0 Å². The van der Waals surface area contributed by atoms with E-state index < -0.39 is 0 Å². The van der Waals surface area contributed by atoms with Gasteiger partial charge < -0.3 is 15.7 Å². The van der Waals surface area contributed by atoms with E-state index >= 15 is 0 Å². The Kier molecular flexibility index (Phi) is 5.52. The van der Waals surface area contributed by atoms with Gasteiger partial charge in [0.05, 0.1) is 5.69 Å². The number of rotatable bonds is 5. The molecule has 5 nitrogen and oxygen atoms in total. The van der Waals surface area contributed by atoms with Crippen molar-refractivity contribution < 1.29 is 14.7 Å². The summed E-state index contributed by atoms with van der Waals surface area (Å²) < 4.78 is 0. The average molecular weight is 360 g/mol. The van der Waals surface area contributed by atoms with Crippen LogP contribution in [0.1, 0.15) is 31.8 Å². The van der Waals surface area contributed by atoms with Crippen LogP contribution in [0.4, 0.5) is 5.69 Å². The molecule has 0 heterocycles. The second kappa shape index (κ2) is 8.19. The van der Waals surface area contributed by atoms with Crippen LogP contribution < -0.4 is 10.6 Å². The standard InChI is InChI=1S/C22H20N2O3/c1-15-7-12-20(25)19(13-15)24-22(27)18-10-8-16(9-11-18)14-23-21(26)17-5-3-2-4-6-17/h2-13,25H,14H2,1H3,(H,23,26)(H,24,27). The van der Waals surface area contributed by atoms with E-state index in [2.05, 4.69) is 10.6 Å². The maximum Gasteiger partial charge on any atom is 0.255 e. The van der Waals surface area contributed by atoms with Gasteiger partial charge in [0.15, 0.2) is 0 Å². The number of hydrogen-bond acceptors (Lipinski definition) is 3. The summed E-state index contributed by atoms with van der Waals surface area (Å²) in [6, 6.07) is 21.0. The number of anilines is 1. The van der Waals surface area contributed by atoms with Gasteiger partial charge in [-0.25, -0.2) is 0 Å². The highest BCUT2D eigenvalue weighted by Crippen LogP contribution is 2.24. The molecule has 0 radical (unpaired) electrons. The molecule has 2 amide bonds. The number of phenols is 1. The SMILES string of the molecule is Cc1ccc(O)c(NC(=O)c2ccc(CNC(=O)c3ccccc3)cc2)c1. The lowest BCUT2D eigenvalue weighted by atomic mass is 10.1. The van der Waals surface area contributed by atoms with Gasteiger partial charge in [0.2, 0.25) is 0 Å². The summed E-state index contributed by atoms with van der Waals surface area (Å²) in [6.45, 7) is 2.25. The Morgan fingerprint density at radius 1 is 0.852 bits per heavy atom. The fourth-order valence-electron chi connectivity index (χ4n) is 2.59. The lowest BCUT2D eigenvalue weighted by Crippen LogP contribution is -2.22. The van der Waals surface area contributed by atoms with Gasteiger partial charge in [-0.2, -0.15) is 0 Å². The van der Waals surface area contributed by atoms with Crippen LogP contribution in [0.3, 0.4) is 0 Å². The number of carbonyl (C=O) groups is 2. The lowest BCUT2D eigenvalue weighted by molar-refractivity contribution is 0.0950. The van der Waals surface area contributed by atoms with Gasteiger partial charge in [-0.1, -0.05) is 36.4 Å². The van der Waals surface area contributed by atoms with E-state index in [1.165, 1.54) is 0 Å². The molecule has 3 rings (SSSR count). The highest BCUT2D eigenvalue weighted by Gasteiger charge is 2.10. The van der Waals surface area contributed by atoms with Crippen molar-refractivity contribution in [1.82, 2.24) is 5.32 Å². The van der Waals surface area contributed by atoms with Crippen molar-refractivity contribution in [2.45, 2.75) is 13.5 Å². The summed E-state index contributed by atoms with van der Waals surface area (Å²) in [5.41, 5.74) is 3.27. The Morgan fingerprint density at radius 3 is 2.22 bits per heavy atom. The van der Waals surface area contributed by atoms with Gasteiger partial charge >= 0.3 is 0 Å². The van der Waals surface area contributed by atoms with Crippen LogP contribution in [-0.4, -0.2) is 16.9 Å². The zero-order valence-corrected chi connectivity index (χ0v) is 14.9.